The molecule has 1 aromatic heterocycles. The number of aromatic nitrogens is 2. The second-order valence-corrected chi connectivity index (χ2v) is 6.10. The van der Waals surface area contributed by atoms with E-state index in [1.54, 1.807) is 36.9 Å². The van der Waals surface area contributed by atoms with E-state index in [0.717, 1.165) is 0 Å². The molecule has 1 aromatic carbocycles. The van der Waals surface area contributed by atoms with Crippen LogP contribution in [0.25, 0.3) is 0 Å². The number of carbonyl (C=O) groups is 1. The number of hydrogen-bond donors (Lipinski definition) is 0. The normalized spacial score (nSPS) is 17.2. The molecule has 7 nitrogen and oxygen atoms in total. The summed E-state index contributed by atoms with van der Waals surface area (Å²) in [6.45, 7) is 4.30. The number of hydrogen-bond acceptors (Lipinski definition) is 6. The van der Waals surface area contributed by atoms with Crippen LogP contribution in [0.1, 0.15) is 24.2 Å². The molecule has 1 fully saturated rings. The maximum absolute atomic E-state index is 14.1. The molecular formula is C17H20FN3O4. The molecule has 1 aliphatic heterocycles. The Morgan fingerprint density at radius 2 is 2.16 bits per heavy atom. The van der Waals surface area contributed by atoms with Crippen LogP contribution in [0.2, 0.25) is 0 Å². The minimum Gasteiger partial charge on any atom is -0.365 e. The molecule has 0 spiro atoms. The Hall–Kier alpha value is -2.32. The molecule has 2 aromatic rings. The van der Waals surface area contributed by atoms with Gasteiger partial charge in [0.15, 0.2) is 11.4 Å². The molecule has 8 heteroatoms. The predicted octanol–water partition coefficient (Wildman–Crippen LogP) is 1.81. The van der Waals surface area contributed by atoms with Crippen LogP contribution >= 0.6 is 0 Å². The third-order valence-corrected chi connectivity index (χ3v) is 4.35. The van der Waals surface area contributed by atoms with E-state index < -0.39 is 11.4 Å². The van der Waals surface area contributed by atoms with Gasteiger partial charge in [0.25, 0.3) is 11.8 Å². The van der Waals surface area contributed by atoms with Crippen molar-refractivity contribution in [1.29, 1.82) is 0 Å². The molecule has 0 radical (unpaired) electrons. The lowest BCUT2D eigenvalue weighted by Gasteiger charge is -2.43. The van der Waals surface area contributed by atoms with Crippen molar-refractivity contribution in [2.45, 2.75) is 32.2 Å². The van der Waals surface area contributed by atoms with E-state index in [-0.39, 0.29) is 24.2 Å². The van der Waals surface area contributed by atoms with Crippen LogP contribution in [0.4, 0.5) is 4.39 Å². The average Bonchev–Trinajstić information content (AvgIpc) is 2.98. The number of halogens is 1. The zero-order chi connectivity index (χ0) is 18.0. The molecule has 1 amide bonds. The van der Waals surface area contributed by atoms with E-state index in [2.05, 4.69) is 10.1 Å². The lowest BCUT2D eigenvalue weighted by Crippen LogP contribution is -2.59. The Kier molecular flexibility index (Phi) is 4.82. The van der Waals surface area contributed by atoms with Crippen LogP contribution in [0.15, 0.2) is 28.8 Å². The van der Waals surface area contributed by atoms with Crippen molar-refractivity contribution in [3.8, 4) is 0 Å². The van der Waals surface area contributed by atoms with Crippen LogP contribution in [0, 0.1) is 12.7 Å². The highest BCUT2D eigenvalue weighted by molar-refractivity contribution is 5.87. The molecule has 2 heterocycles. The number of carbonyl (C=O) groups excluding carboxylic acids is 1. The van der Waals surface area contributed by atoms with Crippen LogP contribution in [0.3, 0.4) is 0 Å². The molecule has 1 atom stereocenters. The number of likely N-dealkylation sites (tertiary alicyclic amines) is 1. The number of rotatable bonds is 6. The van der Waals surface area contributed by atoms with Crippen LogP contribution in [0.5, 0.6) is 0 Å². The summed E-state index contributed by atoms with van der Waals surface area (Å²) in [6, 6.07) is 6.13. The summed E-state index contributed by atoms with van der Waals surface area (Å²) < 4.78 is 30.1. The van der Waals surface area contributed by atoms with Gasteiger partial charge in [-0.1, -0.05) is 23.4 Å². The smallest absolute Gasteiger partial charge is 0.259 e. The monoisotopic (exact) mass is 349 g/mol. The Labute approximate surface area is 144 Å². The van der Waals surface area contributed by atoms with Gasteiger partial charge in [0.1, 0.15) is 12.4 Å². The van der Waals surface area contributed by atoms with Gasteiger partial charge in [0.2, 0.25) is 0 Å². The van der Waals surface area contributed by atoms with Crippen LogP contribution in [-0.2, 0) is 26.5 Å². The number of amides is 1. The number of aryl methyl sites for hydroxylation is 1. The van der Waals surface area contributed by atoms with Gasteiger partial charge in [0.05, 0.1) is 6.10 Å². The van der Waals surface area contributed by atoms with Gasteiger partial charge in [-0.2, -0.15) is 4.98 Å². The van der Waals surface area contributed by atoms with Crippen LogP contribution in [-0.4, -0.2) is 47.3 Å². The summed E-state index contributed by atoms with van der Waals surface area (Å²) in [5.74, 6) is 0.175. The van der Waals surface area contributed by atoms with Crippen molar-refractivity contribution >= 4 is 5.91 Å². The Morgan fingerprint density at radius 1 is 1.44 bits per heavy atom. The van der Waals surface area contributed by atoms with Crippen molar-refractivity contribution in [3.63, 3.8) is 0 Å². The number of ether oxygens (including phenoxy) is 2. The van der Waals surface area contributed by atoms with E-state index in [9.17, 15) is 9.18 Å². The third kappa shape index (κ3) is 3.40. The summed E-state index contributed by atoms with van der Waals surface area (Å²) in [7, 11) is 1.40. The summed E-state index contributed by atoms with van der Waals surface area (Å²) in [4.78, 5) is 18.4. The summed E-state index contributed by atoms with van der Waals surface area (Å²) in [6.07, 6.45) is -0.127. The van der Waals surface area contributed by atoms with Crippen LogP contribution < -0.4 is 0 Å². The standard InChI is InChI=1S/C17H20FN3O4/c1-11-19-15(25-20-11)10-24-12-8-21(9-12)16(22)17(2,23-3)13-6-4-5-7-14(13)18/h4-7,12H,8-10H2,1-3H3. The predicted molar refractivity (Wildman–Crippen MR) is 85.0 cm³/mol. The fourth-order valence-corrected chi connectivity index (χ4v) is 2.76. The molecule has 0 bridgehead atoms. The van der Waals surface area contributed by atoms with Gasteiger partial charge >= 0.3 is 0 Å². The molecule has 25 heavy (non-hydrogen) atoms. The van der Waals surface area contributed by atoms with Gasteiger partial charge in [-0.25, -0.2) is 4.39 Å². The van der Waals surface area contributed by atoms with E-state index in [0.29, 0.717) is 24.8 Å². The highest BCUT2D eigenvalue weighted by Crippen LogP contribution is 2.31. The SMILES string of the molecule is COC(C)(C(=O)N1CC(OCc2nc(C)no2)C1)c1ccccc1F. The van der Waals surface area contributed by atoms with Crippen molar-refractivity contribution in [1.82, 2.24) is 15.0 Å². The summed E-state index contributed by atoms with van der Waals surface area (Å²) in [5, 5.41) is 3.68. The number of nitrogens with zero attached hydrogens (tertiary/aromatic N) is 3. The summed E-state index contributed by atoms with van der Waals surface area (Å²) >= 11 is 0. The number of benzene rings is 1. The van der Waals surface area contributed by atoms with E-state index >= 15 is 0 Å². The van der Waals surface area contributed by atoms with E-state index in [1.165, 1.54) is 13.2 Å². The van der Waals surface area contributed by atoms with Crippen molar-refractivity contribution in [3.05, 3.63) is 47.4 Å². The van der Waals surface area contributed by atoms with Gasteiger partial charge in [-0.15, -0.1) is 0 Å². The largest absolute Gasteiger partial charge is 0.365 e. The Bertz CT molecular complexity index is 760. The fourth-order valence-electron chi connectivity index (χ4n) is 2.76. The highest BCUT2D eigenvalue weighted by atomic mass is 19.1. The quantitative estimate of drug-likeness (QED) is 0.791. The van der Waals surface area contributed by atoms with E-state index in [1.807, 2.05) is 0 Å². The topological polar surface area (TPSA) is 77.7 Å². The Morgan fingerprint density at radius 3 is 2.76 bits per heavy atom. The molecule has 3 rings (SSSR count). The molecule has 0 saturated carbocycles. The average molecular weight is 349 g/mol. The van der Waals surface area contributed by atoms with Crippen molar-refractivity contribution in [2.75, 3.05) is 20.2 Å². The second-order valence-electron chi connectivity index (χ2n) is 6.10. The molecule has 0 N–H and O–H groups in total. The van der Waals surface area contributed by atoms with Gasteiger partial charge < -0.3 is 18.9 Å². The lowest BCUT2D eigenvalue weighted by molar-refractivity contribution is -0.169. The highest BCUT2D eigenvalue weighted by Gasteiger charge is 2.44. The first-order chi connectivity index (χ1) is 11.9. The zero-order valence-corrected chi connectivity index (χ0v) is 14.4. The van der Waals surface area contributed by atoms with Gasteiger partial charge in [0, 0.05) is 25.8 Å². The first-order valence-electron chi connectivity index (χ1n) is 7.94. The van der Waals surface area contributed by atoms with E-state index in [4.69, 9.17) is 14.0 Å². The minimum absolute atomic E-state index is 0.127. The molecule has 1 saturated heterocycles. The summed E-state index contributed by atoms with van der Waals surface area (Å²) in [5.41, 5.74) is -1.16. The first kappa shape index (κ1) is 17.5. The van der Waals surface area contributed by atoms with Crippen molar-refractivity contribution < 1.29 is 23.2 Å². The minimum atomic E-state index is -1.38. The van der Waals surface area contributed by atoms with Gasteiger partial charge in [-0.3, -0.25) is 4.79 Å². The molecule has 134 valence electrons. The fraction of sp³-hybridized carbons (Fsp3) is 0.471. The Balaban J connectivity index is 1.59. The molecule has 1 aliphatic rings. The molecular weight excluding hydrogens is 329 g/mol. The zero-order valence-electron chi connectivity index (χ0n) is 14.4. The van der Waals surface area contributed by atoms with Crippen molar-refractivity contribution in [2.24, 2.45) is 0 Å². The number of methoxy groups -OCH3 is 1. The maximum atomic E-state index is 14.1. The van der Waals surface area contributed by atoms with Gasteiger partial charge in [-0.05, 0) is 19.9 Å². The molecule has 0 aliphatic carbocycles. The lowest BCUT2D eigenvalue weighted by atomic mass is 9.92. The third-order valence-electron chi connectivity index (χ3n) is 4.35. The molecule has 1 unspecified atom stereocenters. The second kappa shape index (κ2) is 6.89. The first-order valence-corrected chi connectivity index (χ1v) is 7.94. The maximum Gasteiger partial charge on any atom is 0.259 e.